The highest BCUT2D eigenvalue weighted by Crippen LogP contribution is 2.30. The van der Waals surface area contributed by atoms with Crippen molar-refractivity contribution in [2.45, 2.75) is 6.42 Å². The van der Waals surface area contributed by atoms with E-state index in [1.807, 2.05) is 0 Å². The zero-order valence-corrected chi connectivity index (χ0v) is 11.2. The normalized spacial score (nSPS) is 19.8. The number of halogens is 2. The molecular formula is C11H10BrClN2O2. The average molecular weight is 318 g/mol. The average Bonchev–Trinajstić information content (AvgIpc) is 2.59. The van der Waals surface area contributed by atoms with Crippen molar-refractivity contribution in [1.82, 2.24) is 0 Å². The van der Waals surface area contributed by atoms with Gasteiger partial charge in [0, 0.05) is 28.1 Å². The van der Waals surface area contributed by atoms with Gasteiger partial charge >= 0.3 is 0 Å². The standard InChI is InChI=1S/C11H10BrClN2O2/c12-7-2-8(13)4-9(3-7)15-5-6(11(14)17)1-10(15)16/h2-4,6H,1,5H2,(H2,14,17). The van der Waals surface area contributed by atoms with Gasteiger partial charge in [0.15, 0.2) is 0 Å². The predicted octanol–water partition coefficient (Wildman–Crippen LogP) is 1.94. The monoisotopic (exact) mass is 316 g/mol. The highest BCUT2D eigenvalue weighted by atomic mass is 79.9. The lowest BCUT2D eigenvalue weighted by atomic mass is 10.1. The Morgan fingerprint density at radius 1 is 1.47 bits per heavy atom. The molecule has 1 aliphatic rings. The number of carbonyl (C=O) groups is 2. The van der Waals surface area contributed by atoms with E-state index in [4.69, 9.17) is 17.3 Å². The number of amides is 2. The summed E-state index contributed by atoms with van der Waals surface area (Å²) in [5.41, 5.74) is 5.89. The van der Waals surface area contributed by atoms with Gasteiger partial charge in [0.1, 0.15) is 0 Å². The molecule has 1 aromatic carbocycles. The Morgan fingerprint density at radius 3 is 2.71 bits per heavy atom. The summed E-state index contributed by atoms with van der Waals surface area (Å²) in [6, 6.07) is 5.21. The maximum Gasteiger partial charge on any atom is 0.227 e. The first-order valence-corrected chi connectivity index (χ1v) is 6.20. The number of nitrogens with two attached hydrogens (primary N) is 1. The van der Waals surface area contributed by atoms with Crippen molar-refractivity contribution in [2.75, 3.05) is 11.4 Å². The molecule has 1 unspecified atom stereocenters. The van der Waals surface area contributed by atoms with Crippen LogP contribution in [0.5, 0.6) is 0 Å². The van der Waals surface area contributed by atoms with Crippen molar-refractivity contribution in [3.63, 3.8) is 0 Å². The second-order valence-electron chi connectivity index (χ2n) is 3.94. The van der Waals surface area contributed by atoms with Gasteiger partial charge in [-0.05, 0) is 18.2 Å². The molecule has 1 fully saturated rings. The van der Waals surface area contributed by atoms with Crippen LogP contribution in [0, 0.1) is 5.92 Å². The number of benzene rings is 1. The quantitative estimate of drug-likeness (QED) is 0.906. The first kappa shape index (κ1) is 12.4. The highest BCUT2D eigenvalue weighted by Gasteiger charge is 2.34. The van der Waals surface area contributed by atoms with Crippen LogP contribution in [0.15, 0.2) is 22.7 Å². The van der Waals surface area contributed by atoms with Crippen molar-refractivity contribution in [3.8, 4) is 0 Å². The van der Waals surface area contributed by atoms with Gasteiger partial charge in [-0.15, -0.1) is 0 Å². The summed E-state index contributed by atoms with van der Waals surface area (Å²) in [7, 11) is 0. The maximum absolute atomic E-state index is 11.8. The Kier molecular flexibility index (Phi) is 3.40. The topological polar surface area (TPSA) is 63.4 Å². The minimum Gasteiger partial charge on any atom is -0.369 e. The Hall–Kier alpha value is -1.07. The molecule has 17 heavy (non-hydrogen) atoms. The molecule has 2 N–H and O–H groups in total. The molecule has 1 saturated heterocycles. The summed E-state index contributed by atoms with van der Waals surface area (Å²) >= 11 is 9.23. The number of hydrogen-bond donors (Lipinski definition) is 1. The number of anilines is 1. The van der Waals surface area contributed by atoms with E-state index >= 15 is 0 Å². The Labute approximate surface area is 112 Å². The van der Waals surface area contributed by atoms with Crippen LogP contribution in [0.2, 0.25) is 5.02 Å². The zero-order chi connectivity index (χ0) is 12.6. The minimum absolute atomic E-state index is 0.108. The van der Waals surface area contributed by atoms with Crippen molar-refractivity contribution < 1.29 is 9.59 Å². The van der Waals surface area contributed by atoms with E-state index in [9.17, 15) is 9.59 Å². The van der Waals surface area contributed by atoms with Crippen LogP contribution >= 0.6 is 27.5 Å². The Balaban J connectivity index is 2.28. The number of nitrogens with zero attached hydrogens (tertiary/aromatic N) is 1. The van der Waals surface area contributed by atoms with Crippen molar-refractivity contribution in [3.05, 3.63) is 27.7 Å². The molecule has 1 heterocycles. The summed E-state index contributed by atoms with van der Waals surface area (Å²) in [5.74, 6) is -0.967. The fraction of sp³-hybridized carbons (Fsp3) is 0.273. The highest BCUT2D eigenvalue weighted by molar-refractivity contribution is 9.10. The first-order valence-electron chi connectivity index (χ1n) is 5.03. The van der Waals surface area contributed by atoms with Crippen LogP contribution in [0.4, 0.5) is 5.69 Å². The third kappa shape index (κ3) is 2.61. The van der Waals surface area contributed by atoms with Gasteiger partial charge in [0.2, 0.25) is 11.8 Å². The molecule has 0 aromatic heterocycles. The van der Waals surface area contributed by atoms with E-state index < -0.39 is 11.8 Å². The second kappa shape index (κ2) is 4.66. The van der Waals surface area contributed by atoms with E-state index in [0.29, 0.717) is 17.3 Å². The molecule has 0 aliphatic carbocycles. The van der Waals surface area contributed by atoms with E-state index in [-0.39, 0.29) is 12.3 Å². The fourth-order valence-corrected chi connectivity index (χ4v) is 2.69. The lowest BCUT2D eigenvalue weighted by Gasteiger charge is -2.16. The molecule has 0 bridgehead atoms. The summed E-state index contributed by atoms with van der Waals surface area (Å²) < 4.78 is 0.787. The van der Waals surface area contributed by atoms with E-state index in [2.05, 4.69) is 15.9 Å². The Morgan fingerprint density at radius 2 is 2.18 bits per heavy atom. The van der Waals surface area contributed by atoms with Gasteiger partial charge in [-0.25, -0.2) is 0 Å². The molecule has 1 aliphatic heterocycles. The van der Waals surface area contributed by atoms with Gasteiger partial charge < -0.3 is 10.6 Å². The molecule has 1 aromatic rings. The minimum atomic E-state index is -0.443. The smallest absolute Gasteiger partial charge is 0.227 e. The lowest BCUT2D eigenvalue weighted by molar-refractivity contribution is -0.123. The van der Waals surface area contributed by atoms with Gasteiger partial charge in [0.25, 0.3) is 0 Å². The van der Waals surface area contributed by atoms with Gasteiger partial charge in [-0.2, -0.15) is 0 Å². The molecule has 4 nitrogen and oxygen atoms in total. The Bertz CT molecular complexity index is 472. The van der Waals surface area contributed by atoms with E-state index in [1.165, 1.54) is 4.90 Å². The molecule has 0 spiro atoms. The lowest BCUT2D eigenvalue weighted by Crippen LogP contribution is -2.28. The summed E-state index contributed by atoms with van der Waals surface area (Å²) in [4.78, 5) is 24.4. The van der Waals surface area contributed by atoms with Crippen LogP contribution < -0.4 is 10.6 Å². The fourth-order valence-electron chi connectivity index (χ4n) is 1.84. The van der Waals surface area contributed by atoms with Gasteiger partial charge in [0.05, 0.1) is 5.92 Å². The van der Waals surface area contributed by atoms with Crippen LogP contribution in [-0.2, 0) is 9.59 Å². The molecular weight excluding hydrogens is 307 g/mol. The predicted molar refractivity (Wildman–Crippen MR) is 68.8 cm³/mol. The second-order valence-corrected chi connectivity index (χ2v) is 5.29. The SMILES string of the molecule is NC(=O)C1CC(=O)N(c2cc(Cl)cc(Br)c2)C1. The number of rotatable bonds is 2. The molecule has 6 heteroatoms. The van der Waals surface area contributed by atoms with E-state index in [1.54, 1.807) is 18.2 Å². The van der Waals surface area contributed by atoms with Crippen LogP contribution in [-0.4, -0.2) is 18.4 Å². The van der Waals surface area contributed by atoms with Crippen LogP contribution in [0.25, 0.3) is 0 Å². The molecule has 0 saturated carbocycles. The number of hydrogen-bond acceptors (Lipinski definition) is 2. The molecule has 2 amide bonds. The number of carbonyl (C=O) groups excluding carboxylic acids is 2. The van der Waals surface area contributed by atoms with Crippen molar-refractivity contribution in [1.29, 1.82) is 0 Å². The van der Waals surface area contributed by atoms with Crippen molar-refractivity contribution >= 4 is 45.0 Å². The van der Waals surface area contributed by atoms with Crippen molar-refractivity contribution in [2.24, 2.45) is 11.7 Å². The first-order chi connectivity index (χ1) is 7.97. The molecule has 2 rings (SSSR count). The largest absolute Gasteiger partial charge is 0.369 e. The maximum atomic E-state index is 11.8. The summed E-state index contributed by atoms with van der Waals surface area (Å²) in [6.45, 7) is 0.320. The van der Waals surface area contributed by atoms with Gasteiger partial charge in [-0.1, -0.05) is 27.5 Å². The van der Waals surface area contributed by atoms with E-state index in [0.717, 1.165) is 4.47 Å². The summed E-state index contributed by atoms with van der Waals surface area (Å²) in [6.07, 6.45) is 0.166. The third-order valence-corrected chi connectivity index (χ3v) is 3.36. The molecule has 0 radical (unpaired) electrons. The van der Waals surface area contributed by atoms with Gasteiger partial charge in [-0.3, -0.25) is 9.59 Å². The van der Waals surface area contributed by atoms with Crippen LogP contribution in [0.1, 0.15) is 6.42 Å². The molecule has 90 valence electrons. The number of primary amides is 1. The molecule has 1 atom stereocenters. The zero-order valence-electron chi connectivity index (χ0n) is 8.82. The van der Waals surface area contributed by atoms with Crippen LogP contribution in [0.3, 0.4) is 0 Å². The summed E-state index contributed by atoms with van der Waals surface area (Å²) in [5, 5.41) is 0.532. The third-order valence-electron chi connectivity index (χ3n) is 2.69.